The van der Waals surface area contributed by atoms with E-state index in [2.05, 4.69) is 6.58 Å². The van der Waals surface area contributed by atoms with Crippen LogP contribution in [0.5, 0.6) is 0 Å². The Balaban J connectivity index is 3.24. The highest BCUT2D eigenvalue weighted by Gasteiger charge is 1.87. The van der Waals surface area contributed by atoms with Crippen LogP contribution in [-0.2, 0) is 9.59 Å². The molecule has 0 saturated heterocycles. The lowest BCUT2D eigenvalue weighted by Gasteiger charge is -1.85. The molecule has 0 radical (unpaired) electrons. The first kappa shape index (κ1) is 7.08. The summed E-state index contributed by atoms with van der Waals surface area (Å²) >= 11 is 0. The summed E-state index contributed by atoms with van der Waals surface area (Å²) < 4.78 is 0. The number of rotatable bonds is 4. The van der Waals surface area contributed by atoms with Gasteiger partial charge < -0.3 is 4.79 Å². The third kappa shape index (κ3) is 3.28. The molecule has 0 aliphatic rings. The van der Waals surface area contributed by atoms with E-state index < -0.39 is 0 Å². The summed E-state index contributed by atoms with van der Waals surface area (Å²) in [5.74, 6) is 0. The van der Waals surface area contributed by atoms with E-state index in [1.54, 1.807) is 0 Å². The molecular weight excluding hydrogens is 104 g/mol. The van der Waals surface area contributed by atoms with Crippen LogP contribution in [-0.4, -0.2) is 12.6 Å². The predicted octanol–water partition coefficient (Wildman–Crippen LogP) is 0.721. The number of carbonyl (C=O) groups excluding carboxylic acids is 2. The van der Waals surface area contributed by atoms with Crippen LogP contribution in [0, 0.1) is 0 Å². The molecule has 0 aliphatic heterocycles. The second-order valence-corrected chi connectivity index (χ2v) is 1.48. The van der Waals surface area contributed by atoms with E-state index in [0.717, 1.165) is 6.29 Å². The average molecular weight is 112 g/mol. The van der Waals surface area contributed by atoms with Crippen molar-refractivity contribution in [2.75, 3.05) is 0 Å². The smallest absolute Gasteiger partial charge is 0.145 e. The molecule has 0 atom stereocenters. The van der Waals surface area contributed by atoms with Gasteiger partial charge in [-0.15, -0.1) is 0 Å². The quantitative estimate of drug-likeness (QED) is 0.396. The van der Waals surface area contributed by atoms with Crippen LogP contribution in [0.25, 0.3) is 0 Å². The van der Waals surface area contributed by atoms with Gasteiger partial charge in [0.1, 0.15) is 12.6 Å². The molecule has 0 amide bonds. The maximum absolute atomic E-state index is 9.80. The van der Waals surface area contributed by atoms with Crippen LogP contribution >= 0.6 is 0 Å². The summed E-state index contributed by atoms with van der Waals surface area (Å²) in [6.07, 6.45) is 2.34. The molecule has 0 N–H and O–H groups in total. The second kappa shape index (κ2) is 4.24. The number of hydrogen-bond acceptors (Lipinski definition) is 2. The van der Waals surface area contributed by atoms with Crippen molar-refractivity contribution in [1.82, 2.24) is 0 Å². The Morgan fingerprint density at radius 3 is 2.50 bits per heavy atom. The predicted molar refractivity (Wildman–Crippen MR) is 30.5 cm³/mol. The van der Waals surface area contributed by atoms with Gasteiger partial charge in [-0.3, -0.25) is 4.79 Å². The van der Waals surface area contributed by atoms with E-state index in [9.17, 15) is 9.59 Å². The maximum atomic E-state index is 9.80. The minimum Gasteiger partial charge on any atom is -0.303 e. The van der Waals surface area contributed by atoms with Gasteiger partial charge in [0.15, 0.2) is 0 Å². The van der Waals surface area contributed by atoms with E-state index in [1.165, 1.54) is 0 Å². The molecule has 0 aromatic rings. The largest absolute Gasteiger partial charge is 0.303 e. The van der Waals surface area contributed by atoms with Gasteiger partial charge in [0, 0.05) is 6.42 Å². The SMILES string of the molecule is C=C(C=O)CCC=O. The van der Waals surface area contributed by atoms with Crippen LogP contribution in [0.1, 0.15) is 12.8 Å². The lowest BCUT2D eigenvalue weighted by molar-refractivity contribution is -0.107. The van der Waals surface area contributed by atoms with Crippen LogP contribution in [0.3, 0.4) is 0 Å². The fourth-order valence-corrected chi connectivity index (χ4v) is 0.303. The van der Waals surface area contributed by atoms with Crippen molar-refractivity contribution in [1.29, 1.82) is 0 Å². The number of aldehydes is 2. The van der Waals surface area contributed by atoms with Crippen LogP contribution in [0.15, 0.2) is 12.2 Å². The van der Waals surface area contributed by atoms with Crippen molar-refractivity contribution >= 4 is 12.6 Å². The highest BCUT2D eigenvalue weighted by Crippen LogP contribution is 1.94. The van der Waals surface area contributed by atoms with Gasteiger partial charge in [-0.25, -0.2) is 0 Å². The third-order valence-corrected chi connectivity index (χ3v) is 0.750. The van der Waals surface area contributed by atoms with Crippen molar-refractivity contribution in [2.24, 2.45) is 0 Å². The van der Waals surface area contributed by atoms with E-state index in [-0.39, 0.29) is 0 Å². The summed E-state index contributed by atoms with van der Waals surface area (Å²) in [6.45, 7) is 3.38. The minimum absolute atomic E-state index is 0.400. The zero-order valence-electron chi connectivity index (χ0n) is 4.59. The molecule has 0 aromatic heterocycles. The summed E-state index contributed by atoms with van der Waals surface area (Å²) in [7, 11) is 0. The van der Waals surface area contributed by atoms with Crippen molar-refractivity contribution in [3.05, 3.63) is 12.2 Å². The molecule has 8 heavy (non-hydrogen) atoms. The fourth-order valence-electron chi connectivity index (χ4n) is 0.303. The lowest BCUT2D eigenvalue weighted by atomic mass is 10.2. The molecule has 2 nitrogen and oxygen atoms in total. The third-order valence-electron chi connectivity index (χ3n) is 0.750. The molecule has 0 aliphatic carbocycles. The average Bonchev–Trinajstić information content (AvgIpc) is 1.83. The van der Waals surface area contributed by atoms with Crippen LogP contribution in [0.4, 0.5) is 0 Å². The topological polar surface area (TPSA) is 34.1 Å². The Bertz CT molecular complexity index is 105. The molecule has 2 heteroatoms. The molecule has 0 rings (SSSR count). The molecule has 0 bridgehead atoms. The Labute approximate surface area is 48.2 Å². The number of allylic oxidation sites excluding steroid dienone is 1. The molecule has 0 spiro atoms. The van der Waals surface area contributed by atoms with Crippen LogP contribution < -0.4 is 0 Å². The summed E-state index contributed by atoms with van der Waals surface area (Å²) in [4.78, 5) is 19.5. The van der Waals surface area contributed by atoms with Crippen molar-refractivity contribution in [2.45, 2.75) is 12.8 Å². The first-order chi connectivity index (χ1) is 3.81. The van der Waals surface area contributed by atoms with E-state index in [1.807, 2.05) is 0 Å². The minimum atomic E-state index is 0.400. The zero-order valence-corrected chi connectivity index (χ0v) is 4.59. The molecule has 0 unspecified atom stereocenters. The summed E-state index contributed by atoms with van der Waals surface area (Å²) in [6, 6.07) is 0. The first-order valence-electron chi connectivity index (χ1n) is 2.38. The Morgan fingerprint density at radius 1 is 1.50 bits per heavy atom. The van der Waals surface area contributed by atoms with Gasteiger partial charge in [0.25, 0.3) is 0 Å². The van der Waals surface area contributed by atoms with Gasteiger partial charge in [-0.2, -0.15) is 0 Å². The first-order valence-corrected chi connectivity index (χ1v) is 2.38. The van der Waals surface area contributed by atoms with Gasteiger partial charge in [0.05, 0.1) is 0 Å². The molecule has 0 fully saturated rings. The fraction of sp³-hybridized carbons (Fsp3) is 0.333. The summed E-state index contributed by atoms with van der Waals surface area (Å²) in [5, 5.41) is 0. The van der Waals surface area contributed by atoms with Gasteiger partial charge in [0.2, 0.25) is 0 Å². The maximum Gasteiger partial charge on any atom is 0.145 e. The Kier molecular flexibility index (Phi) is 3.76. The van der Waals surface area contributed by atoms with E-state index >= 15 is 0 Å². The number of hydrogen-bond donors (Lipinski definition) is 0. The zero-order chi connectivity index (χ0) is 6.41. The molecule has 0 saturated carbocycles. The number of carbonyl (C=O) groups is 2. The highest BCUT2D eigenvalue weighted by molar-refractivity contribution is 5.72. The second-order valence-electron chi connectivity index (χ2n) is 1.48. The monoisotopic (exact) mass is 112 g/mol. The van der Waals surface area contributed by atoms with Gasteiger partial charge in [-0.1, -0.05) is 6.58 Å². The molecule has 44 valence electrons. The van der Waals surface area contributed by atoms with Gasteiger partial charge in [-0.05, 0) is 12.0 Å². The molecule has 0 aromatic carbocycles. The Hall–Kier alpha value is -0.920. The molecule has 0 heterocycles. The van der Waals surface area contributed by atoms with Crippen molar-refractivity contribution < 1.29 is 9.59 Å². The Morgan fingerprint density at radius 2 is 2.12 bits per heavy atom. The molecular formula is C6H8O2. The standard InChI is InChI=1S/C6H8O2/c1-6(5-8)3-2-4-7/h4-5H,1-3H2. The normalized spacial score (nSPS) is 8.00. The van der Waals surface area contributed by atoms with Gasteiger partial charge >= 0.3 is 0 Å². The lowest BCUT2D eigenvalue weighted by Crippen LogP contribution is -1.82. The summed E-state index contributed by atoms with van der Waals surface area (Å²) in [5.41, 5.74) is 0.483. The highest BCUT2D eigenvalue weighted by atomic mass is 16.1. The van der Waals surface area contributed by atoms with E-state index in [4.69, 9.17) is 0 Å². The van der Waals surface area contributed by atoms with Crippen LogP contribution in [0.2, 0.25) is 0 Å². The van der Waals surface area contributed by atoms with Crippen molar-refractivity contribution in [3.8, 4) is 0 Å². The van der Waals surface area contributed by atoms with E-state index in [0.29, 0.717) is 24.7 Å². The van der Waals surface area contributed by atoms with Crippen molar-refractivity contribution in [3.63, 3.8) is 0 Å².